The van der Waals surface area contributed by atoms with Crippen LogP contribution in [0.4, 0.5) is 8.78 Å². The molecule has 1 N–H and O–H groups in total. The van der Waals surface area contributed by atoms with E-state index in [9.17, 15) is 8.78 Å². The van der Waals surface area contributed by atoms with Crippen LogP contribution in [0, 0.1) is 11.6 Å². The van der Waals surface area contributed by atoms with Crippen molar-refractivity contribution in [3.63, 3.8) is 0 Å². The Hall–Kier alpha value is -1.39. The van der Waals surface area contributed by atoms with Gasteiger partial charge in [-0.05, 0) is 48.8 Å². The summed E-state index contributed by atoms with van der Waals surface area (Å²) >= 11 is 5.70. The van der Waals surface area contributed by atoms with Crippen LogP contribution in [0.5, 0.6) is 0 Å². The van der Waals surface area contributed by atoms with Gasteiger partial charge in [-0.3, -0.25) is 0 Å². The normalized spacial score (nSPS) is 12.7. The lowest BCUT2D eigenvalue weighted by Crippen LogP contribution is -2.18. The summed E-state index contributed by atoms with van der Waals surface area (Å²) in [6.45, 7) is 0. The Bertz CT molecular complexity index is 542. The smallest absolute Gasteiger partial charge is 0.193 e. The molecule has 5 heteroatoms. The van der Waals surface area contributed by atoms with E-state index >= 15 is 0 Å². The molecule has 0 aliphatic carbocycles. The van der Waals surface area contributed by atoms with E-state index in [-0.39, 0.29) is 11.3 Å². The van der Waals surface area contributed by atoms with E-state index in [1.54, 1.807) is 19.2 Å². The minimum absolute atomic E-state index is 0.211. The second-order valence-electron chi connectivity index (χ2n) is 3.92. The van der Waals surface area contributed by atoms with Crippen LogP contribution in [0.1, 0.15) is 17.4 Å². The molecule has 1 heterocycles. The highest BCUT2D eigenvalue weighted by Gasteiger charge is 2.16. The summed E-state index contributed by atoms with van der Waals surface area (Å²) in [5.41, 5.74) is 0.420. The minimum Gasteiger partial charge on any atom is -0.448 e. The van der Waals surface area contributed by atoms with E-state index in [0.29, 0.717) is 17.7 Å². The van der Waals surface area contributed by atoms with Crippen molar-refractivity contribution in [1.29, 1.82) is 0 Å². The molecule has 0 amide bonds. The zero-order chi connectivity index (χ0) is 13.1. The molecule has 1 atom stereocenters. The van der Waals surface area contributed by atoms with Crippen LogP contribution in [0.15, 0.2) is 34.7 Å². The lowest BCUT2D eigenvalue weighted by Gasteiger charge is -2.14. The molecule has 0 bridgehead atoms. The second-order valence-corrected chi connectivity index (χ2v) is 4.30. The summed E-state index contributed by atoms with van der Waals surface area (Å²) in [5, 5.41) is 3.29. The Morgan fingerprint density at radius 3 is 2.61 bits per heavy atom. The molecule has 2 nitrogen and oxygen atoms in total. The number of furan rings is 1. The molecule has 1 aromatic carbocycles. The Morgan fingerprint density at radius 1 is 1.28 bits per heavy atom. The van der Waals surface area contributed by atoms with Crippen LogP contribution in [0.2, 0.25) is 5.22 Å². The largest absolute Gasteiger partial charge is 0.448 e. The van der Waals surface area contributed by atoms with Gasteiger partial charge in [0.25, 0.3) is 0 Å². The average molecular weight is 272 g/mol. The first-order chi connectivity index (χ1) is 8.60. The molecular formula is C13H12ClF2NO. The van der Waals surface area contributed by atoms with Crippen LogP contribution >= 0.6 is 11.6 Å². The van der Waals surface area contributed by atoms with Crippen LogP contribution in [-0.2, 0) is 6.42 Å². The maximum atomic E-state index is 13.5. The number of rotatable bonds is 4. The Kier molecular flexibility index (Phi) is 3.99. The van der Waals surface area contributed by atoms with Crippen molar-refractivity contribution in [3.05, 3.63) is 58.5 Å². The molecule has 0 radical (unpaired) electrons. The van der Waals surface area contributed by atoms with Gasteiger partial charge < -0.3 is 9.73 Å². The molecule has 1 aromatic heterocycles. The van der Waals surface area contributed by atoms with Crippen molar-refractivity contribution in [2.24, 2.45) is 0 Å². The first-order valence-corrected chi connectivity index (χ1v) is 5.84. The first-order valence-electron chi connectivity index (χ1n) is 5.46. The molecule has 0 saturated heterocycles. The van der Waals surface area contributed by atoms with Crippen molar-refractivity contribution in [3.8, 4) is 0 Å². The van der Waals surface area contributed by atoms with Crippen molar-refractivity contribution >= 4 is 11.6 Å². The van der Waals surface area contributed by atoms with Crippen LogP contribution in [-0.4, -0.2) is 7.05 Å². The maximum absolute atomic E-state index is 13.5. The van der Waals surface area contributed by atoms with Crippen molar-refractivity contribution in [2.45, 2.75) is 12.5 Å². The lowest BCUT2D eigenvalue weighted by atomic mass is 10.0. The van der Waals surface area contributed by atoms with Crippen molar-refractivity contribution in [1.82, 2.24) is 5.32 Å². The fraction of sp³-hybridized carbons (Fsp3) is 0.231. The Balaban J connectivity index is 2.20. The fourth-order valence-electron chi connectivity index (χ4n) is 1.77. The van der Waals surface area contributed by atoms with E-state index in [1.807, 2.05) is 0 Å². The summed E-state index contributed by atoms with van der Waals surface area (Å²) in [4.78, 5) is 0. The molecule has 2 aromatic rings. The SMILES string of the molecule is CNC(Cc1ccc(F)cc1F)c1ccc(Cl)o1. The third-order valence-electron chi connectivity index (χ3n) is 2.73. The van der Waals surface area contributed by atoms with E-state index < -0.39 is 11.6 Å². The molecule has 2 rings (SSSR count). The standard InChI is InChI=1S/C13H12ClF2NO/c1-17-11(12-4-5-13(14)18-12)6-8-2-3-9(15)7-10(8)16/h2-5,7,11,17H,6H2,1H3. The summed E-state index contributed by atoms with van der Waals surface area (Å²) in [5.74, 6) is -0.530. The average Bonchev–Trinajstić information content (AvgIpc) is 2.75. The lowest BCUT2D eigenvalue weighted by molar-refractivity contribution is 0.426. The molecule has 0 spiro atoms. The van der Waals surface area contributed by atoms with E-state index in [0.717, 1.165) is 6.07 Å². The van der Waals surface area contributed by atoms with Gasteiger partial charge >= 0.3 is 0 Å². The summed E-state index contributed by atoms with van der Waals surface area (Å²) in [7, 11) is 1.74. The quantitative estimate of drug-likeness (QED) is 0.917. The van der Waals surface area contributed by atoms with Gasteiger partial charge in [-0.15, -0.1) is 0 Å². The van der Waals surface area contributed by atoms with E-state index in [2.05, 4.69) is 5.32 Å². The third-order valence-corrected chi connectivity index (χ3v) is 2.93. The maximum Gasteiger partial charge on any atom is 0.193 e. The molecule has 0 saturated carbocycles. The van der Waals surface area contributed by atoms with Crippen molar-refractivity contribution in [2.75, 3.05) is 7.05 Å². The third kappa shape index (κ3) is 2.89. The fourth-order valence-corrected chi connectivity index (χ4v) is 1.92. The summed E-state index contributed by atoms with van der Waals surface area (Å²) in [6, 6.07) is 6.68. The van der Waals surface area contributed by atoms with Gasteiger partial charge in [-0.2, -0.15) is 0 Å². The number of likely N-dealkylation sites (N-methyl/N-ethyl adjacent to an activating group) is 1. The van der Waals surface area contributed by atoms with Gasteiger partial charge in [-0.25, -0.2) is 8.78 Å². The number of halogens is 3. The molecule has 96 valence electrons. The Labute approximate surface area is 109 Å². The minimum atomic E-state index is -0.585. The number of hydrogen-bond donors (Lipinski definition) is 1. The topological polar surface area (TPSA) is 25.2 Å². The highest BCUT2D eigenvalue weighted by Crippen LogP contribution is 2.24. The van der Waals surface area contributed by atoms with Crippen molar-refractivity contribution < 1.29 is 13.2 Å². The second kappa shape index (κ2) is 5.50. The number of nitrogens with one attached hydrogen (secondary N) is 1. The van der Waals surface area contributed by atoms with Crippen LogP contribution < -0.4 is 5.32 Å². The molecule has 0 aliphatic rings. The highest BCUT2D eigenvalue weighted by molar-refractivity contribution is 6.28. The van der Waals surface area contributed by atoms with Gasteiger partial charge in [0, 0.05) is 6.07 Å². The van der Waals surface area contributed by atoms with Gasteiger partial charge in [-0.1, -0.05) is 6.07 Å². The first kappa shape index (κ1) is 13.1. The molecule has 18 heavy (non-hydrogen) atoms. The number of hydrogen-bond acceptors (Lipinski definition) is 2. The molecular weight excluding hydrogens is 260 g/mol. The number of benzene rings is 1. The van der Waals surface area contributed by atoms with Gasteiger partial charge in [0.1, 0.15) is 17.4 Å². The molecule has 0 aliphatic heterocycles. The summed E-state index contributed by atoms with van der Waals surface area (Å²) in [6.07, 6.45) is 0.354. The zero-order valence-corrected chi connectivity index (χ0v) is 10.5. The van der Waals surface area contributed by atoms with Crippen LogP contribution in [0.25, 0.3) is 0 Å². The van der Waals surface area contributed by atoms with Crippen LogP contribution in [0.3, 0.4) is 0 Å². The predicted octanol–water partition coefficient (Wildman–Crippen LogP) is 3.71. The Morgan fingerprint density at radius 2 is 2.06 bits per heavy atom. The zero-order valence-electron chi connectivity index (χ0n) is 9.71. The molecule has 1 unspecified atom stereocenters. The van der Waals surface area contributed by atoms with Gasteiger partial charge in [0.05, 0.1) is 6.04 Å². The van der Waals surface area contributed by atoms with Gasteiger partial charge in [0.15, 0.2) is 5.22 Å². The van der Waals surface area contributed by atoms with E-state index in [1.165, 1.54) is 12.1 Å². The van der Waals surface area contributed by atoms with Gasteiger partial charge in [0.2, 0.25) is 0 Å². The highest BCUT2D eigenvalue weighted by atomic mass is 35.5. The summed E-state index contributed by atoms with van der Waals surface area (Å²) < 4.78 is 31.6. The molecule has 0 fully saturated rings. The predicted molar refractivity (Wildman–Crippen MR) is 65.6 cm³/mol. The monoisotopic (exact) mass is 271 g/mol. The van der Waals surface area contributed by atoms with E-state index in [4.69, 9.17) is 16.0 Å².